The van der Waals surface area contributed by atoms with Crippen molar-refractivity contribution in [2.24, 2.45) is 17.8 Å². The summed E-state index contributed by atoms with van der Waals surface area (Å²) in [6, 6.07) is 6.74. The van der Waals surface area contributed by atoms with E-state index in [2.05, 4.69) is 28.1 Å². The second kappa shape index (κ2) is 6.86. The molecule has 5 nitrogen and oxygen atoms in total. The number of benzene rings is 1. The van der Waals surface area contributed by atoms with E-state index in [-0.39, 0.29) is 11.9 Å². The highest BCUT2D eigenvalue weighted by Crippen LogP contribution is 2.42. The zero-order valence-electron chi connectivity index (χ0n) is 13.3. The fourth-order valence-corrected chi connectivity index (χ4v) is 3.53. The van der Waals surface area contributed by atoms with E-state index >= 15 is 0 Å². The van der Waals surface area contributed by atoms with Gasteiger partial charge in [0.2, 0.25) is 0 Å². The van der Waals surface area contributed by atoms with Gasteiger partial charge in [0, 0.05) is 24.3 Å². The first-order chi connectivity index (χ1) is 11.2. The molecule has 1 saturated carbocycles. The minimum Gasteiger partial charge on any atom is -0.352 e. The lowest BCUT2D eigenvalue weighted by molar-refractivity contribution is 0.0956. The summed E-state index contributed by atoms with van der Waals surface area (Å²) in [5, 5.41) is 8.49. The largest absolute Gasteiger partial charge is 0.352 e. The van der Waals surface area contributed by atoms with Crippen molar-refractivity contribution in [3.05, 3.63) is 42.0 Å². The number of fused-ring (bicyclic) bond motifs is 2. The van der Waals surface area contributed by atoms with E-state index < -0.39 is 0 Å². The molecule has 0 heterocycles. The normalized spacial score (nSPS) is 24.5. The Kier molecular flexibility index (Phi) is 4.65. The Morgan fingerprint density at radius 3 is 2.74 bits per heavy atom. The van der Waals surface area contributed by atoms with Gasteiger partial charge in [-0.05, 0) is 55.7 Å². The van der Waals surface area contributed by atoms with E-state index in [9.17, 15) is 9.59 Å². The molecule has 3 rings (SSSR count). The highest BCUT2D eigenvalue weighted by Gasteiger charge is 2.35. The summed E-state index contributed by atoms with van der Waals surface area (Å²) in [7, 11) is 0. The lowest BCUT2D eigenvalue weighted by Gasteiger charge is -2.18. The number of urea groups is 1. The predicted molar refractivity (Wildman–Crippen MR) is 90.3 cm³/mol. The van der Waals surface area contributed by atoms with Gasteiger partial charge in [0.1, 0.15) is 0 Å². The third kappa shape index (κ3) is 3.73. The number of allylic oxidation sites excluding steroid dienone is 2. The van der Waals surface area contributed by atoms with Crippen molar-refractivity contribution in [2.75, 3.05) is 18.4 Å². The van der Waals surface area contributed by atoms with Crippen LogP contribution in [-0.2, 0) is 0 Å². The molecule has 0 saturated heterocycles. The monoisotopic (exact) mass is 313 g/mol. The van der Waals surface area contributed by atoms with Crippen LogP contribution in [0.5, 0.6) is 0 Å². The molecule has 0 radical (unpaired) electrons. The van der Waals surface area contributed by atoms with Crippen LogP contribution in [-0.4, -0.2) is 25.0 Å². The standard InChI is InChI=1S/C18H23N3O2/c1-2-19-17(22)14-4-3-5-16(10-14)21-18(23)20-11-15-9-12-6-7-13(15)8-12/h3-7,10,12-13,15H,2,8-9,11H2,1H3,(H,19,22)(H2,20,21,23)/t12-,13+,15+/m1/s1. The van der Waals surface area contributed by atoms with Crippen LogP contribution in [0.1, 0.15) is 30.1 Å². The van der Waals surface area contributed by atoms with Crippen molar-refractivity contribution < 1.29 is 9.59 Å². The van der Waals surface area contributed by atoms with Crippen molar-refractivity contribution in [1.82, 2.24) is 10.6 Å². The molecule has 2 bridgehead atoms. The molecule has 122 valence electrons. The first kappa shape index (κ1) is 15.6. The maximum atomic E-state index is 12.0. The summed E-state index contributed by atoms with van der Waals surface area (Å²) >= 11 is 0. The van der Waals surface area contributed by atoms with Gasteiger partial charge in [0.15, 0.2) is 0 Å². The summed E-state index contributed by atoms with van der Waals surface area (Å²) in [5.74, 6) is 1.76. The molecule has 0 aliphatic heterocycles. The molecule has 3 amide bonds. The van der Waals surface area contributed by atoms with Gasteiger partial charge in [0.25, 0.3) is 5.91 Å². The summed E-state index contributed by atoms with van der Waals surface area (Å²) in [5.41, 5.74) is 1.17. The molecule has 3 atom stereocenters. The Balaban J connectivity index is 1.50. The quantitative estimate of drug-likeness (QED) is 0.732. The van der Waals surface area contributed by atoms with E-state index in [1.54, 1.807) is 24.3 Å². The van der Waals surface area contributed by atoms with Crippen LogP contribution in [0.4, 0.5) is 10.5 Å². The van der Waals surface area contributed by atoms with Crippen molar-refractivity contribution in [3.63, 3.8) is 0 Å². The second-order valence-electron chi connectivity index (χ2n) is 6.32. The number of carbonyl (C=O) groups excluding carboxylic acids is 2. The van der Waals surface area contributed by atoms with Gasteiger partial charge in [-0.2, -0.15) is 0 Å². The lowest BCUT2D eigenvalue weighted by atomic mass is 9.94. The average molecular weight is 313 g/mol. The van der Waals surface area contributed by atoms with Crippen molar-refractivity contribution in [2.45, 2.75) is 19.8 Å². The fraction of sp³-hybridized carbons (Fsp3) is 0.444. The molecule has 0 unspecified atom stereocenters. The molecule has 3 N–H and O–H groups in total. The Morgan fingerprint density at radius 1 is 1.17 bits per heavy atom. The van der Waals surface area contributed by atoms with E-state index in [0.717, 1.165) is 0 Å². The fourth-order valence-electron chi connectivity index (χ4n) is 3.53. The van der Waals surface area contributed by atoms with Crippen LogP contribution < -0.4 is 16.0 Å². The smallest absolute Gasteiger partial charge is 0.319 e. The predicted octanol–water partition coefficient (Wildman–Crippen LogP) is 2.77. The minimum atomic E-state index is -0.218. The molecule has 1 aromatic rings. The number of nitrogens with one attached hydrogen (secondary N) is 3. The molecular weight excluding hydrogens is 290 g/mol. The molecule has 23 heavy (non-hydrogen) atoms. The lowest BCUT2D eigenvalue weighted by Crippen LogP contribution is -2.34. The first-order valence-electron chi connectivity index (χ1n) is 8.27. The van der Waals surface area contributed by atoms with Crippen LogP contribution >= 0.6 is 0 Å². The molecular formula is C18H23N3O2. The molecule has 2 aliphatic rings. The van der Waals surface area contributed by atoms with Crippen molar-refractivity contribution >= 4 is 17.6 Å². The van der Waals surface area contributed by atoms with Gasteiger partial charge >= 0.3 is 6.03 Å². The molecule has 5 heteroatoms. The maximum Gasteiger partial charge on any atom is 0.319 e. The van der Waals surface area contributed by atoms with Gasteiger partial charge in [-0.25, -0.2) is 4.79 Å². The summed E-state index contributed by atoms with van der Waals surface area (Å²) in [4.78, 5) is 23.9. The van der Waals surface area contributed by atoms with E-state index in [0.29, 0.717) is 42.1 Å². The summed E-state index contributed by atoms with van der Waals surface area (Å²) in [6.07, 6.45) is 7.00. The number of hydrogen-bond donors (Lipinski definition) is 3. The summed E-state index contributed by atoms with van der Waals surface area (Å²) < 4.78 is 0. The average Bonchev–Trinajstić information content (AvgIpc) is 3.16. The van der Waals surface area contributed by atoms with Crippen LogP contribution in [0.3, 0.4) is 0 Å². The van der Waals surface area contributed by atoms with Gasteiger partial charge in [-0.15, -0.1) is 0 Å². The zero-order valence-corrected chi connectivity index (χ0v) is 13.3. The van der Waals surface area contributed by atoms with Crippen molar-refractivity contribution in [3.8, 4) is 0 Å². The number of carbonyl (C=O) groups is 2. The van der Waals surface area contributed by atoms with Crippen molar-refractivity contribution in [1.29, 1.82) is 0 Å². The number of hydrogen-bond acceptors (Lipinski definition) is 2. The summed E-state index contributed by atoms with van der Waals surface area (Å²) in [6.45, 7) is 3.15. The Hall–Kier alpha value is -2.30. The number of anilines is 1. The molecule has 0 spiro atoms. The topological polar surface area (TPSA) is 70.2 Å². The van der Waals surface area contributed by atoms with Gasteiger partial charge < -0.3 is 16.0 Å². The highest BCUT2D eigenvalue weighted by molar-refractivity contribution is 5.96. The SMILES string of the molecule is CCNC(=O)c1cccc(NC(=O)NC[C@@H]2C[C@@H]3C=C[C@H]2C3)c1. The van der Waals surface area contributed by atoms with E-state index in [1.807, 2.05) is 6.92 Å². The second-order valence-corrected chi connectivity index (χ2v) is 6.32. The highest BCUT2D eigenvalue weighted by atomic mass is 16.2. The minimum absolute atomic E-state index is 0.134. The molecule has 0 aromatic heterocycles. The van der Waals surface area contributed by atoms with Crippen LogP contribution in [0.2, 0.25) is 0 Å². The third-order valence-electron chi connectivity index (χ3n) is 4.66. The molecule has 1 fully saturated rings. The van der Waals surface area contributed by atoms with Gasteiger partial charge in [-0.3, -0.25) is 4.79 Å². The van der Waals surface area contributed by atoms with Gasteiger partial charge in [0.05, 0.1) is 0 Å². The number of amides is 3. The molecule has 2 aliphatic carbocycles. The first-order valence-corrected chi connectivity index (χ1v) is 8.27. The van der Waals surface area contributed by atoms with Crippen LogP contribution in [0.25, 0.3) is 0 Å². The van der Waals surface area contributed by atoms with Crippen LogP contribution in [0.15, 0.2) is 36.4 Å². The Labute approximate surface area is 136 Å². The third-order valence-corrected chi connectivity index (χ3v) is 4.66. The molecule has 1 aromatic carbocycles. The Bertz CT molecular complexity index is 626. The van der Waals surface area contributed by atoms with Gasteiger partial charge in [-0.1, -0.05) is 18.2 Å². The zero-order chi connectivity index (χ0) is 16.2. The van der Waals surface area contributed by atoms with E-state index in [1.165, 1.54) is 12.8 Å². The van der Waals surface area contributed by atoms with Crippen LogP contribution in [0, 0.1) is 17.8 Å². The van der Waals surface area contributed by atoms with E-state index in [4.69, 9.17) is 0 Å². The maximum absolute atomic E-state index is 12.0. The number of rotatable bonds is 5. The Morgan fingerprint density at radius 2 is 2.04 bits per heavy atom.